The van der Waals surface area contributed by atoms with Crippen molar-refractivity contribution in [3.63, 3.8) is 0 Å². The molecule has 144 valence electrons. The smallest absolute Gasteiger partial charge is 0.344 e. The lowest BCUT2D eigenvalue weighted by atomic mass is 10.1. The van der Waals surface area contributed by atoms with Crippen molar-refractivity contribution >= 4 is 11.9 Å². The Labute approximate surface area is 150 Å². The highest BCUT2D eigenvalue weighted by molar-refractivity contribution is 6.03. The van der Waals surface area contributed by atoms with Crippen molar-refractivity contribution in [3.05, 3.63) is 64.5 Å². The highest BCUT2D eigenvalue weighted by atomic mass is 19.2. The van der Waals surface area contributed by atoms with Crippen molar-refractivity contribution in [1.29, 1.82) is 0 Å². The Morgan fingerprint density at radius 2 is 1.26 bits per heavy atom. The summed E-state index contributed by atoms with van der Waals surface area (Å²) in [5, 5.41) is 0. The van der Waals surface area contributed by atoms with Gasteiger partial charge in [0.1, 0.15) is 0 Å². The van der Waals surface area contributed by atoms with Crippen LogP contribution in [0.15, 0.2) is 24.3 Å². The van der Waals surface area contributed by atoms with Crippen LogP contribution in [-0.4, -0.2) is 18.5 Å². The van der Waals surface area contributed by atoms with E-state index < -0.39 is 52.3 Å². The van der Waals surface area contributed by atoms with E-state index >= 15 is 0 Å². The maximum absolute atomic E-state index is 13.7. The lowest BCUT2D eigenvalue weighted by molar-refractivity contribution is 0.0451. The first-order chi connectivity index (χ1) is 12.6. The van der Waals surface area contributed by atoms with Crippen LogP contribution < -0.4 is 4.74 Å². The summed E-state index contributed by atoms with van der Waals surface area (Å²) in [7, 11) is 0. The van der Waals surface area contributed by atoms with E-state index in [9.17, 15) is 31.5 Å². The van der Waals surface area contributed by atoms with Gasteiger partial charge in [-0.15, -0.1) is 0 Å². The molecule has 0 bridgehead atoms. The van der Waals surface area contributed by atoms with Crippen LogP contribution in [0.1, 0.15) is 34.6 Å². The number of hydrogen-bond donors (Lipinski definition) is 0. The quantitative estimate of drug-likeness (QED) is 0.250. The minimum atomic E-state index is -2.39. The van der Waals surface area contributed by atoms with Gasteiger partial charge in [0.15, 0.2) is 0 Å². The number of carbonyl (C=O) groups is 2. The number of rotatable bonds is 5. The van der Waals surface area contributed by atoms with Gasteiger partial charge in [-0.05, 0) is 18.1 Å². The molecular formula is C18H13F5O4. The van der Waals surface area contributed by atoms with E-state index in [0.717, 1.165) is 6.07 Å². The highest BCUT2D eigenvalue weighted by Gasteiger charge is 2.30. The first kappa shape index (κ1) is 20.3. The van der Waals surface area contributed by atoms with Crippen molar-refractivity contribution in [2.24, 2.45) is 5.92 Å². The molecule has 0 aliphatic carbocycles. The fourth-order valence-corrected chi connectivity index (χ4v) is 1.98. The zero-order valence-corrected chi connectivity index (χ0v) is 14.1. The van der Waals surface area contributed by atoms with Gasteiger partial charge in [-0.3, -0.25) is 0 Å². The van der Waals surface area contributed by atoms with E-state index in [1.807, 2.05) is 0 Å². The van der Waals surface area contributed by atoms with Crippen LogP contribution in [0.3, 0.4) is 0 Å². The summed E-state index contributed by atoms with van der Waals surface area (Å²) in [6.45, 7) is 3.59. The van der Waals surface area contributed by atoms with E-state index in [2.05, 4.69) is 4.74 Å². The number of benzene rings is 2. The van der Waals surface area contributed by atoms with Crippen molar-refractivity contribution < 1.29 is 41.0 Å². The van der Waals surface area contributed by atoms with Gasteiger partial charge in [-0.2, -0.15) is 8.78 Å². The van der Waals surface area contributed by atoms with Gasteiger partial charge >= 0.3 is 11.9 Å². The lowest BCUT2D eigenvalue weighted by Gasteiger charge is -2.12. The van der Waals surface area contributed by atoms with Crippen LogP contribution in [0.4, 0.5) is 22.0 Å². The average Bonchev–Trinajstić information content (AvgIpc) is 2.66. The van der Waals surface area contributed by atoms with E-state index in [-0.39, 0.29) is 18.1 Å². The van der Waals surface area contributed by atoms with Crippen LogP contribution in [0, 0.1) is 35.0 Å². The summed E-state index contributed by atoms with van der Waals surface area (Å²) in [5.74, 6) is -15.7. The Morgan fingerprint density at radius 1 is 0.815 bits per heavy atom. The third-order valence-electron chi connectivity index (χ3n) is 3.28. The second-order valence-electron chi connectivity index (χ2n) is 5.83. The van der Waals surface area contributed by atoms with Gasteiger partial charge in [0.25, 0.3) is 0 Å². The summed E-state index contributed by atoms with van der Waals surface area (Å²) in [4.78, 5) is 24.3. The second kappa shape index (κ2) is 8.15. The maximum atomic E-state index is 13.7. The first-order valence-corrected chi connectivity index (χ1v) is 7.64. The molecule has 0 amide bonds. The molecule has 0 aromatic heterocycles. The van der Waals surface area contributed by atoms with Gasteiger partial charge in [0, 0.05) is 0 Å². The van der Waals surface area contributed by atoms with Crippen LogP contribution in [0.5, 0.6) is 5.75 Å². The molecule has 2 aromatic rings. The fraction of sp³-hybridized carbons (Fsp3) is 0.222. The molecular weight excluding hydrogens is 375 g/mol. The molecule has 0 unspecified atom stereocenters. The Morgan fingerprint density at radius 3 is 1.74 bits per heavy atom. The van der Waals surface area contributed by atoms with Crippen LogP contribution in [0.2, 0.25) is 0 Å². The zero-order chi connectivity index (χ0) is 20.3. The van der Waals surface area contributed by atoms with Gasteiger partial charge in [-0.1, -0.05) is 26.0 Å². The molecule has 4 nitrogen and oxygen atoms in total. The van der Waals surface area contributed by atoms with Crippen LogP contribution in [-0.2, 0) is 4.74 Å². The number of halogens is 5. The van der Waals surface area contributed by atoms with Crippen LogP contribution >= 0.6 is 0 Å². The first-order valence-electron chi connectivity index (χ1n) is 7.64. The number of ether oxygens (including phenoxy) is 2. The lowest BCUT2D eigenvalue weighted by Crippen LogP contribution is -2.19. The molecule has 0 fully saturated rings. The Hall–Kier alpha value is -2.97. The zero-order valence-electron chi connectivity index (χ0n) is 14.1. The normalized spacial score (nSPS) is 10.8. The minimum absolute atomic E-state index is 0.00132. The van der Waals surface area contributed by atoms with Gasteiger partial charge in [-0.25, -0.2) is 22.8 Å². The monoisotopic (exact) mass is 388 g/mol. The highest BCUT2D eigenvalue weighted by Crippen LogP contribution is 2.30. The standard InChI is InChI=1S/C18H13F5O4/c1-8(2)7-26-17(24)9-5-3-4-6-10(9)18(25)27-16-14(22)12(20)11(19)13(21)15(16)23/h3-6,8H,7H2,1-2H3. The second-order valence-corrected chi connectivity index (χ2v) is 5.83. The third kappa shape index (κ3) is 4.24. The van der Waals surface area contributed by atoms with Crippen molar-refractivity contribution in [1.82, 2.24) is 0 Å². The molecule has 0 atom stereocenters. The van der Waals surface area contributed by atoms with Gasteiger partial charge in [0.05, 0.1) is 17.7 Å². The number of carbonyl (C=O) groups excluding carboxylic acids is 2. The summed E-state index contributed by atoms with van der Waals surface area (Å²) in [6.07, 6.45) is 0. The molecule has 0 aliphatic rings. The SMILES string of the molecule is CC(C)COC(=O)c1ccccc1C(=O)Oc1c(F)c(F)c(F)c(F)c1F. The average molecular weight is 388 g/mol. The van der Waals surface area contributed by atoms with E-state index in [0.29, 0.717) is 0 Å². The fourth-order valence-electron chi connectivity index (χ4n) is 1.98. The van der Waals surface area contributed by atoms with E-state index in [1.165, 1.54) is 18.2 Å². The molecule has 0 aliphatic heterocycles. The predicted octanol–water partition coefficient (Wildman–Crippen LogP) is 4.41. The molecule has 2 aromatic carbocycles. The summed E-state index contributed by atoms with van der Waals surface area (Å²) >= 11 is 0. The summed E-state index contributed by atoms with van der Waals surface area (Å²) in [6, 6.07) is 4.98. The number of esters is 2. The Balaban J connectivity index is 2.37. The van der Waals surface area contributed by atoms with Crippen LogP contribution in [0.25, 0.3) is 0 Å². The van der Waals surface area contributed by atoms with E-state index in [4.69, 9.17) is 4.74 Å². The molecule has 0 radical (unpaired) electrons. The number of hydrogen-bond acceptors (Lipinski definition) is 4. The Kier molecular flexibility index (Phi) is 6.14. The van der Waals surface area contributed by atoms with Crippen molar-refractivity contribution in [2.75, 3.05) is 6.61 Å². The molecule has 0 spiro atoms. The minimum Gasteiger partial charge on any atom is -0.462 e. The predicted molar refractivity (Wildman–Crippen MR) is 82.8 cm³/mol. The van der Waals surface area contributed by atoms with E-state index in [1.54, 1.807) is 13.8 Å². The molecule has 9 heteroatoms. The molecule has 2 rings (SSSR count). The van der Waals surface area contributed by atoms with Crippen molar-refractivity contribution in [3.8, 4) is 5.75 Å². The third-order valence-corrected chi connectivity index (χ3v) is 3.28. The maximum Gasteiger partial charge on any atom is 0.344 e. The van der Waals surface area contributed by atoms with Gasteiger partial charge < -0.3 is 9.47 Å². The molecule has 0 N–H and O–H groups in total. The largest absolute Gasteiger partial charge is 0.462 e. The van der Waals surface area contributed by atoms with Crippen molar-refractivity contribution in [2.45, 2.75) is 13.8 Å². The summed E-state index contributed by atoms with van der Waals surface area (Å²) in [5.41, 5.74) is -0.748. The summed E-state index contributed by atoms with van der Waals surface area (Å²) < 4.78 is 76.1. The molecule has 0 saturated heterocycles. The molecule has 27 heavy (non-hydrogen) atoms. The Bertz CT molecular complexity index is 867. The molecule has 0 heterocycles. The molecule has 0 saturated carbocycles. The topological polar surface area (TPSA) is 52.6 Å². The van der Waals surface area contributed by atoms with Gasteiger partial charge in [0.2, 0.25) is 34.8 Å².